The maximum absolute atomic E-state index is 4.94. The highest BCUT2D eigenvalue weighted by Crippen LogP contribution is 2.32. The van der Waals surface area contributed by atoms with E-state index in [4.69, 9.17) is 15.0 Å². The highest BCUT2D eigenvalue weighted by Gasteiger charge is 2.18. The summed E-state index contributed by atoms with van der Waals surface area (Å²) in [6.07, 6.45) is 0. The molecule has 3 rings (SSSR count). The van der Waals surface area contributed by atoms with Crippen LogP contribution in [0, 0.1) is 0 Å². The van der Waals surface area contributed by atoms with Crippen LogP contribution in [-0.2, 0) is 10.8 Å². The third-order valence-electron chi connectivity index (χ3n) is 5.49. The molecule has 0 bridgehead atoms. The molecule has 1 aromatic heterocycles. The molecule has 2 aromatic carbocycles. The van der Waals surface area contributed by atoms with Gasteiger partial charge < -0.3 is 0 Å². The second kappa shape index (κ2) is 11.8. The first-order chi connectivity index (χ1) is 15.0. The summed E-state index contributed by atoms with van der Waals surface area (Å²) < 4.78 is 0. The highest BCUT2D eigenvalue weighted by molar-refractivity contribution is 6.02. The first kappa shape index (κ1) is 29.5. The Morgan fingerprint density at radius 3 is 1.26 bits per heavy atom. The summed E-state index contributed by atoms with van der Waals surface area (Å²) >= 11 is 0. The van der Waals surface area contributed by atoms with E-state index in [9.17, 15) is 0 Å². The van der Waals surface area contributed by atoms with Crippen molar-refractivity contribution < 1.29 is 0 Å². The number of halogens is 2. The summed E-state index contributed by atoms with van der Waals surface area (Å²) in [5.41, 5.74) is 8.02. The van der Waals surface area contributed by atoms with Crippen LogP contribution in [0.25, 0.3) is 0 Å². The molecule has 0 aliphatic rings. The van der Waals surface area contributed by atoms with Crippen molar-refractivity contribution in [3.63, 3.8) is 0 Å². The SMILES string of the molecule is CC(=Nc1ccccc1C(C)(C)C)c1cccc(C(C)=Nc2ccccc2C(C)(C)C)n1.Cl.Cl. The first-order valence-electron chi connectivity index (χ1n) is 11.2. The molecule has 0 amide bonds. The molecule has 3 nitrogen and oxygen atoms in total. The Morgan fingerprint density at radius 1 is 0.559 bits per heavy atom. The lowest BCUT2D eigenvalue weighted by atomic mass is 9.86. The van der Waals surface area contributed by atoms with Gasteiger partial charge in [0.1, 0.15) is 0 Å². The van der Waals surface area contributed by atoms with E-state index in [2.05, 4.69) is 77.9 Å². The Bertz CT molecular complexity index is 1080. The molecule has 0 atom stereocenters. The number of aromatic nitrogens is 1. The fourth-order valence-electron chi connectivity index (χ4n) is 3.72. The van der Waals surface area contributed by atoms with Crippen molar-refractivity contribution in [2.45, 2.75) is 66.2 Å². The summed E-state index contributed by atoms with van der Waals surface area (Å²) in [5.74, 6) is 0. The van der Waals surface area contributed by atoms with Gasteiger partial charge in [0.05, 0.1) is 34.2 Å². The first-order valence-corrected chi connectivity index (χ1v) is 11.2. The number of hydrogen-bond donors (Lipinski definition) is 0. The molecule has 0 spiro atoms. The van der Waals surface area contributed by atoms with Gasteiger partial charge in [-0.3, -0.25) is 9.98 Å². The molecular formula is C29H37Cl2N3. The highest BCUT2D eigenvalue weighted by atomic mass is 35.5. The second-order valence-electron chi connectivity index (χ2n) is 10.3. The molecule has 0 aliphatic heterocycles. The van der Waals surface area contributed by atoms with E-state index in [0.29, 0.717) is 0 Å². The van der Waals surface area contributed by atoms with Gasteiger partial charge in [0, 0.05) is 0 Å². The van der Waals surface area contributed by atoms with Crippen LogP contribution >= 0.6 is 24.8 Å². The van der Waals surface area contributed by atoms with Crippen molar-refractivity contribution in [3.05, 3.63) is 89.2 Å². The zero-order valence-electron chi connectivity index (χ0n) is 21.5. The van der Waals surface area contributed by atoms with Gasteiger partial charge in [0.2, 0.25) is 0 Å². The third-order valence-corrected chi connectivity index (χ3v) is 5.49. The summed E-state index contributed by atoms with van der Waals surface area (Å²) in [7, 11) is 0. The summed E-state index contributed by atoms with van der Waals surface area (Å²) in [4.78, 5) is 14.8. The standard InChI is InChI=1S/C29H35N3.2ClH/c1-20(30-26-16-11-9-14-22(26)28(3,4)5)24-18-13-19-25(32-24)21(2)31-27-17-12-10-15-23(27)29(6,7)8;;/h9-19H,1-8H3;2*1H. The maximum atomic E-state index is 4.94. The van der Waals surface area contributed by atoms with Gasteiger partial charge >= 0.3 is 0 Å². The molecule has 3 aromatic rings. The fraction of sp³-hybridized carbons (Fsp3) is 0.345. The van der Waals surface area contributed by atoms with Crippen LogP contribution in [-0.4, -0.2) is 16.4 Å². The molecule has 0 unspecified atom stereocenters. The molecule has 0 aliphatic carbocycles. The number of rotatable bonds is 4. The predicted molar refractivity (Wildman–Crippen MR) is 153 cm³/mol. The van der Waals surface area contributed by atoms with E-state index in [1.165, 1.54) is 11.1 Å². The normalized spacial score (nSPS) is 12.6. The lowest BCUT2D eigenvalue weighted by Gasteiger charge is -2.21. The van der Waals surface area contributed by atoms with Crippen molar-refractivity contribution in [3.8, 4) is 0 Å². The van der Waals surface area contributed by atoms with Crippen molar-refractivity contribution in [2.24, 2.45) is 9.98 Å². The molecule has 0 saturated heterocycles. The van der Waals surface area contributed by atoms with Crippen LogP contribution in [0.4, 0.5) is 11.4 Å². The predicted octanol–water partition coefficient (Wildman–Crippen LogP) is 8.80. The topological polar surface area (TPSA) is 37.6 Å². The number of pyridine rings is 1. The molecule has 0 N–H and O–H groups in total. The zero-order chi connectivity index (χ0) is 23.5. The Morgan fingerprint density at radius 2 is 0.912 bits per heavy atom. The van der Waals surface area contributed by atoms with Crippen molar-refractivity contribution in [2.75, 3.05) is 0 Å². The van der Waals surface area contributed by atoms with Gasteiger partial charge in [-0.05, 0) is 60.1 Å². The molecule has 1 heterocycles. The third kappa shape index (κ3) is 7.25. The minimum atomic E-state index is 0. The Balaban J connectivity index is 0.00000289. The van der Waals surface area contributed by atoms with Crippen LogP contribution in [0.15, 0.2) is 76.7 Å². The largest absolute Gasteiger partial charge is 0.251 e. The van der Waals surface area contributed by atoms with Crippen molar-refractivity contribution in [1.82, 2.24) is 4.98 Å². The van der Waals surface area contributed by atoms with E-state index < -0.39 is 0 Å². The van der Waals surface area contributed by atoms with E-state index in [0.717, 1.165) is 34.2 Å². The van der Waals surface area contributed by atoms with E-state index in [-0.39, 0.29) is 35.6 Å². The van der Waals surface area contributed by atoms with E-state index in [1.54, 1.807) is 0 Å². The van der Waals surface area contributed by atoms with Gasteiger partial charge in [0.25, 0.3) is 0 Å². The average molecular weight is 499 g/mol. The maximum Gasteiger partial charge on any atom is 0.0849 e. The van der Waals surface area contributed by atoms with Crippen LogP contribution in [0.3, 0.4) is 0 Å². The van der Waals surface area contributed by atoms with Crippen molar-refractivity contribution >= 4 is 47.6 Å². The molecule has 34 heavy (non-hydrogen) atoms. The van der Waals surface area contributed by atoms with E-state index in [1.807, 2.05) is 44.2 Å². The van der Waals surface area contributed by atoms with Crippen molar-refractivity contribution in [1.29, 1.82) is 0 Å². The van der Waals surface area contributed by atoms with Gasteiger partial charge in [-0.2, -0.15) is 0 Å². The summed E-state index contributed by atoms with van der Waals surface area (Å²) in [6, 6.07) is 22.7. The second-order valence-corrected chi connectivity index (χ2v) is 10.3. The molecule has 5 heteroatoms. The molecule has 0 fully saturated rings. The lowest BCUT2D eigenvalue weighted by molar-refractivity contribution is 0.591. The van der Waals surface area contributed by atoms with Crippen LogP contribution in [0.5, 0.6) is 0 Å². The smallest absolute Gasteiger partial charge is 0.0849 e. The summed E-state index contributed by atoms with van der Waals surface area (Å²) in [5, 5.41) is 0. The van der Waals surface area contributed by atoms with Crippen LogP contribution < -0.4 is 0 Å². The number of nitrogens with zero attached hydrogens (tertiary/aromatic N) is 3. The Labute approximate surface area is 217 Å². The van der Waals surface area contributed by atoms with Gasteiger partial charge in [-0.1, -0.05) is 84.0 Å². The monoisotopic (exact) mass is 497 g/mol. The minimum absolute atomic E-state index is 0. The zero-order valence-corrected chi connectivity index (χ0v) is 23.1. The van der Waals surface area contributed by atoms with E-state index >= 15 is 0 Å². The number of hydrogen-bond acceptors (Lipinski definition) is 3. The summed E-state index contributed by atoms with van der Waals surface area (Å²) in [6.45, 7) is 17.3. The average Bonchev–Trinajstić information content (AvgIpc) is 2.73. The Kier molecular flexibility index (Phi) is 10.2. The molecular weight excluding hydrogens is 461 g/mol. The molecule has 182 valence electrons. The number of benzene rings is 2. The van der Waals surface area contributed by atoms with Gasteiger partial charge in [-0.15, -0.1) is 24.8 Å². The van der Waals surface area contributed by atoms with Gasteiger partial charge in [-0.25, -0.2) is 4.98 Å². The minimum Gasteiger partial charge on any atom is -0.251 e. The number of para-hydroxylation sites is 2. The lowest BCUT2D eigenvalue weighted by Crippen LogP contribution is -2.12. The quantitative estimate of drug-likeness (QED) is 0.331. The van der Waals surface area contributed by atoms with Crippen LogP contribution in [0.2, 0.25) is 0 Å². The Hall–Kier alpha value is -2.49. The van der Waals surface area contributed by atoms with Crippen LogP contribution in [0.1, 0.15) is 77.9 Å². The number of aliphatic imine (C=N–C) groups is 2. The fourth-order valence-corrected chi connectivity index (χ4v) is 3.72. The molecule has 0 saturated carbocycles. The molecule has 0 radical (unpaired) electrons. The van der Waals surface area contributed by atoms with Gasteiger partial charge in [0.15, 0.2) is 0 Å².